The zero-order valence-corrected chi connectivity index (χ0v) is 14.2. The summed E-state index contributed by atoms with van der Waals surface area (Å²) in [6.45, 7) is 2.14. The summed E-state index contributed by atoms with van der Waals surface area (Å²) in [6.07, 6.45) is 0.928. The molecule has 1 N–H and O–H groups in total. The zero-order valence-electron chi connectivity index (χ0n) is 11.7. The minimum absolute atomic E-state index is 0.168. The molecule has 0 radical (unpaired) electrons. The van der Waals surface area contributed by atoms with E-state index in [4.69, 9.17) is 5.11 Å². The second-order valence-corrected chi connectivity index (χ2v) is 9.25. The van der Waals surface area contributed by atoms with Gasteiger partial charge in [-0.25, -0.2) is 13.4 Å². The average Bonchev–Trinajstić information content (AvgIpc) is 3.18. The maximum atomic E-state index is 12.7. The Labute approximate surface area is 136 Å². The number of hydrogen-bond acceptors (Lipinski definition) is 6. The van der Waals surface area contributed by atoms with Crippen molar-refractivity contribution in [3.63, 3.8) is 0 Å². The molecular weight excluding hydrogens is 344 g/mol. The maximum Gasteiger partial charge on any atom is 0.322 e. The third-order valence-electron chi connectivity index (χ3n) is 3.50. The number of carbonyl (C=O) groups is 1. The summed E-state index contributed by atoms with van der Waals surface area (Å²) in [5.41, 5.74) is 0.755. The van der Waals surface area contributed by atoms with Gasteiger partial charge in [0.05, 0.1) is 15.6 Å². The van der Waals surface area contributed by atoms with E-state index < -0.39 is 22.0 Å². The van der Waals surface area contributed by atoms with Gasteiger partial charge in [0.1, 0.15) is 10.3 Å². The van der Waals surface area contributed by atoms with Crippen molar-refractivity contribution in [3.8, 4) is 10.6 Å². The summed E-state index contributed by atoms with van der Waals surface area (Å²) < 4.78 is 26.6. The molecule has 0 aliphatic carbocycles. The van der Waals surface area contributed by atoms with Gasteiger partial charge in [0, 0.05) is 11.9 Å². The number of carboxylic acid groups (broad SMARTS) is 1. The largest absolute Gasteiger partial charge is 0.480 e. The van der Waals surface area contributed by atoms with Crippen molar-refractivity contribution >= 4 is 38.7 Å². The molecule has 2 aromatic heterocycles. The van der Waals surface area contributed by atoms with Crippen LogP contribution < -0.4 is 0 Å². The molecule has 1 aliphatic rings. The summed E-state index contributed by atoms with van der Waals surface area (Å²) in [6, 6.07) is 2.29. The fourth-order valence-electron chi connectivity index (χ4n) is 2.46. The van der Waals surface area contributed by atoms with Crippen LogP contribution in [-0.4, -0.2) is 41.4 Å². The van der Waals surface area contributed by atoms with Gasteiger partial charge in [-0.3, -0.25) is 4.79 Å². The number of nitrogens with zero attached hydrogens (tertiary/aromatic N) is 2. The molecule has 3 heterocycles. The van der Waals surface area contributed by atoms with E-state index in [1.807, 2.05) is 12.3 Å². The fraction of sp³-hybridized carbons (Fsp3) is 0.385. The molecule has 3 rings (SSSR count). The lowest BCUT2D eigenvalue weighted by atomic mass is 10.2. The molecule has 1 fully saturated rings. The highest BCUT2D eigenvalue weighted by Crippen LogP contribution is 2.35. The van der Waals surface area contributed by atoms with E-state index >= 15 is 0 Å². The van der Waals surface area contributed by atoms with E-state index in [-0.39, 0.29) is 10.8 Å². The highest BCUT2D eigenvalue weighted by atomic mass is 32.2. The Hall–Kier alpha value is -1.29. The second-order valence-electron chi connectivity index (χ2n) is 4.98. The minimum Gasteiger partial charge on any atom is -0.480 e. The van der Waals surface area contributed by atoms with Crippen LogP contribution in [0.5, 0.6) is 0 Å². The van der Waals surface area contributed by atoms with E-state index in [9.17, 15) is 13.2 Å². The van der Waals surface area contributed by atoms with E-state index in [1.165, 1.54) is 17.4 Å². The molecule has 6 nitrogen and oxygen atoms in total. The van der Waals surface area contributed by atoms with Crippen molar-refractivity contribution in [2.75, 3.05) is 6.54 Å². The average molecular weight is 358 g/mol. The monoisotopic (exact) mass is 358 g/mol. The summed E-state index contributed by atoms with van der Waals surface area (Å²) in [7, 11) is -3.77. The van der Waals surface area contributed by atoms with Crippen LogP contribution in [0.1, 0.15) is 17.8 Å². The number of aryl methyl sites for hydroxylation is 1. The lowest BCUT2D eigenvalue weighted by molar-refractivity contribution is -0.140. The highest BCUT2D eigenvalue weighted by molar-refractivity contribution is 7.91. The molecule has 0 aromatic carbocycles. The smallest absolute Gasteiger partial charge is 0.322 e. The molecule has 9 heteroatoms. The first kappa shape index (κ1) is 15.6. The number of thiophene rings is 1. The first-order valence-corrected chi connectivity index (χ1v) is 9.80. The molecule has 1 saturated heterocycles. The van der Waals surface area contributed by atoms with Crippen molar-refractivity contribution < 1.29 is 18.3 Å². The lowest BCUT2D eigenvalue weighted by Crippen LogP contribution is -2.40. The predicted octanol–water partition coefficient (Wildman–Crippen LogP) is 2.42. The van der Waals surface area contributed by atoms with Gasteiger partial charge in [0.15, 0.2) is 0 Å². The van der Waals surface area contributed by atoms with E-state index in [1.54, 1.807) is 6.07 Å². The van der Waals surface area contributed by atoms with Crippen LogP contribution in [-0.2, 0) is 14.8 Å². The lowest BCUT2D eigenvalue weighted by Gasteiger charge is -2.19. The van der Waals surface area contributed by atoms with Crippen LogP contribution in [0.15, 0.2) is 21.7 Å². The molecule has 1 atom stereocenters. The Bertz CT molecular complexity index is 809. The van der Waals surface area contributed by atoms with Gasteiger partial charge in [-0.05, 0) is 31.9 Å². The van der Waals surface area contributed by atoms with Crippen LogP contribution in [0.3, 0.4) is 0 Å². The highest BCUT2D eigenvalue weighted by Gasteiger charge is 2.40. The summed E-state index contributed by atoms with van der Waals surface area (Å²) in [4.78, 5) is 16.3. The Morgan fingerprint density at radius 2 is 2.23 bits per heavy atom. The SMILES string of the molecule is Cc1nc(-c2ccc(S(=O)(=O)N3CCC[C@H]3C(=O)O)s2)cs1. The van der Waals surface area contributed by atoms with Gasteiger partial charge < -0.3 is 5.11 Å². The normalized spacial score (nSPS) is 19.6. The molecule has 118 valence electrons. The van der Waals surface area contributed by atoms with Crippen molar-refractivity contribution in [3.05, 3.63) is 22.5 Å². The standard InChI is InChI=1S/C13H14N2O4S3/c1-8-14-9(7-20-8)11-4-5-12(21-11)22(18,19)15-6-2-3-10(15)13(16)17/h4-5,7,10H,2-3,6H2,1H3,(H,16,17)/t10-/m0/s1. The number of hydrogen-bond donors (Lipinski definition) is 1. The summed E-state index contributed by atoms with van der Waals surface area (Å²) in [5, 5.41) is 12.0. The minimum atomic E-state index is -3.77. The fourth-order valence-corrected chi connectivity index (χ4v) is 6.20. The van der Waals surface area contributed by atoms with E-state index in [0.29, 0.717) is 12.8 Å². The third kappa shape index (κ3) is 2.69. The number of aliphatic carboxylic acids is 1. The summed E-state index contributed by atoms with van der Waals surface area (Å²) in [5.74, 6) is -1.09. The number of aromatic nitrogens is 1. The molecule has 2 aromatic rings. The molecular formula is C13H14N2O4S3. The quantitative estimate of drug-likeness (QED) is 0.907. The Kier molecular flexibility index (Phi) is 4.06. The Morgan fingerprint density at radius 1 is 1.45 bits per heavy atom. The van der Waals surface area contributed by atoms with Gasteiger partial charge in [-0.2, -0.15) is 4.31 Å². The van der Waals surface area contributed by atoms with Crippen LogP contribution in [0.2, 0.25) is 0 Å². The molecule has 0 bridgehead atoms. The first-order chi connectivity index (χ1) is 10.4. The number of sulfonamides is 1. The number of carboxylic acids is 1. The predicted molar refractivity (Wildman–Crippen MR) is 84.7 cm³/mol. The van der Waals surface area contributed by atoms with Crippen molar-refractivity contribution in [2.24, 2.45) is 0 Å². The number of thiazole rings is 1. The Morgan fingerprint density at radius 3 is 2.86 bits per heavy atom. The third-order valence-corrected chi connectivity index (χ3v) is 7.76. The summed E-state index contributed by atoms with van der Waals surface area (Å²) >= 11 is 2.63. The van der Waals surface area contributed by atoms with Gasteiger partial charge in [-0.15, -0.1) is 22.7 Å². The van der Waals surface area contributed by atoms with Crippen LogP contribution >= 0.6 is 22.7 Å². The van der Waals surface area contributed by atoms with Crippen molar-refractivity contribution in [2.45, 2.75) is 30.0 Å². The van der Waals surface area contributed by atoms with Crippen molar-refractivity contribution in [1.29, 1.82) is 0 Å². The van der Waals surface area contributed by atoms with Gasteiger partial charge in [0.2, 0.25) is 0 Å². The van der Waals surface area contributed by atoms with Crippen LogP contribution in [0.25, 0.3) is 10.6 Å². The first-order valence-electron chi connectivity index (χ1n) is 6.66. The molecule has 0 amide bonds. The van der Waals surface area contributed by atoms with Crippen LogP contribution in [0, 0.1) is 6.92 Å². The van der Waals surface area contributed by atoms with Crippen LogP contribution in [0.4, 0.5) is 0 Å². The number of rotatable bonds is 4. The van der Waals surface area contributed by atoms with Crippen molar-refractivity contribution in [1.82, 2.24) is 9.29 Å². The van der Waals surface area contributed by atoms with Gasteiger partial charge >= 0.3 is 5.97 Å². The van der Waals surface area contributed by atoms with Gasteiger partial charge in [-0.1, -0.05) is 0 Å². The molecule has 22 heavy (non-hydrogen) atoms. The van der Waals surface area contributed by atoms with E-state index in [0.717, 1.165) is 31.2 Å². The topological polar surface area (TPSA) is 87.6 Å². The van der Waals surface area contributed by atoms with E-state index in [2.05, 4.69) is 4.98 Å². The molecule has 0 saturated carbocycles. The second kappa shape index (κ2) is 5.73. The molecule has 1 aliphatic heterocycles. The Balaban J connectivity index is 1.93. The van der Waals surface area contributed by atoms with Gasteiger partial charge in [0.25, 0.3) is 10.0 Å². The zero-order chi connectivity index (χ0) is 15.9. The molecule has 0 unspecified atom stereocenters. The maximum absolute atomic E-state index is 12.7. The molecule has 0 spiro atoms.